The van der Waals surface area contributed by atoms with E-state index in [0.717, 1.165) is 11.1 Å². The van der Waals surface area contributed by atoms with Crippen LogP contribution in [0.25, 0.3) is 0 Å². The van der Waals surface area contributed by atoms with Gasteiger partial charge in [-0.3, -0.25) is 9.48 Å². The van der Waals surface area contributed by atoms with Gasteiger partial charge in [0.1, 0.15) is 0 Å². The highest BCUT2D eigenvalue weighted by Gasteiger charge is 2.12. The van der Waals surface area contributed by atoms with Crippen LogP contribution in [-0.2, 0) is 13.0 Å². The van der Waals surface area contributed by atoms with Crippen LogP contribution >= 0.6 is 0 Å². The number of halogens is 2. The van der Waals surface area contributed by atoms with Crippen LogP contribution in [0.2, 0.25) is 0 Å². The molecule has 0 saturated heterocycles. The SMILES string of the molecule is COc1cc(CCNC(=O)c2cnn(Cc3ccccc3)c2)ccc1OC(F)F. The molecule has 0 aliphatic rings. The molecule has 3 aromatic rings. The maximum atomic E-state index is 12.4. The molecule has 0 aliphatic carbocycles. The Balaban J connectivity index is 1.52. The molecule has 1 aromatic heterocycles. The van der Waals surface area contributed by atoms with Crippen molar-refractivity contribution < 1.29 is 23.0 Å². The lowest BCUT2D eigenvalue weighted by atomic mass is 10.1. The van der Waals surface area contributed by atoms with E-state index in [1.54, 1.807) is 23.0 Å². The van der Waals surface area contributed by atoms with Gasteiger partial charge in [0.25, 0.3) is 5.91 Å². The monoisotopic (exact) mass is 401 g/mol. The molecule has 6 nitrogen and oxygen atoms in total. The van der Waals surface area contributed by atoms with Gasteiger partial charge in [-0.05, 0) is 29.7 Å². The second-order valence-electron chi connectivity index (χ2n) is 6.28. The quantitative estimate of drug-likeness (QED) is 0.596. The number of methoxy groups -OCH3 is 1. The molecule has 1 amide bonds. The summed E-state index contributed by atoms with van der Waals surface area (Å²) in [5.74, 6) is -0.0358. The van der Waals surface area contributed by atoms with Gasteiger partial charge in [-0.25, -0.2) is 0 Å². The Morgan fingerprint density at radius 1 is 1.14 bits per heavy atom. The van der Waals surface area contributed by atoms with Crippen LogP contribution in [0.3, 0.4) is 0 Å². The van der Waals surface area contributed by atoms with E-state index in [0.29, 0.717) is 25.1 Å². The number of rotatable bonds is 9. The number of hydrogen-bond acceptors (Lipinski definition) is 4. The van der Waals surface area contributed by atoms with Gasteiger partial charge in [-0.1, -0.05) is 36.4 Å². The molecule has 1 N–H and O–H groups in total. The molecule has 0 aliphatic heterocycles. The van der Waals surface area contributed by atoms with Gasteiger partial charge in [0.2, 0.25) is 0 Å². The zero-order valence-electron chi connectivity index (χ0n) is 15.8. The molecule has 0 spiro atoms. The van der Waals surface area contributed by atoms with Gasteiger partial charge in [-0.2, -0.15) is 13.9 Å². The highest BCUT2D eigenvalue weighted by Crippen LogP contribution is 2.29. The van der Waals surface area contributed by atoms with Crippen molar-refractivity contribution in [2.75, 3.05) is 13.7 Å². The lowest BCUT2D eigenvalue weighted by molar-refractivity contribution is -0.0512. The summed E-state index contributed by atoms with van der Waals surface area (Å²) in [6.45, 7) is -1.96. The van der Waals surface area contributed by atoms with E-state index in [2.05, 4.69) is 15.2 Å². The summed E-state index contributed by atoms with van der Waals surface area (Å²) in [6.07, 6.45) is 3.73. The third-order valence-electron chi connectivity index (χ3n) is 4.23. The summed E-state index contributed by atoms with van der Waals surface area (Å²) >= 11 is 0. The average Bonchev–Trinajstić information content (AvgIpc) is 3.18. The van der Waals surface area contributed by atoms with Gasteiger partial charge in [0.15, 0.2) is 11.5 Å². The Bertz CT molecular complexity index is 945. The standard InChI is InChI=1S/C21H21F2N3O3/c1-28-19-11-15(7-8-18(19)29-21(22)23)9-10-24-20(27)17-12-25-26(14-17)13-16-5-3-2-4-6-16/h2-8,11-12,14,21H,9-10,13H2,1H3,(H,24,27). The molecule has 0 bridgehead atoms. The molecule has 1 heterocycles. The lowest BCUT2D eigenvalue weighted by Gasteiger charge is -2.11. The van der Waals surface area contributed by atoms with Gasteiger partial charge in [-0.15, -0.1) is 0 Å². The zero-order valence-corrected chi connectivity index (χ0v) is 15.8. The summed E-state index contributed by atoms with van der Waals surface area (Å²) < 4.78 is 35.9. The smallest absolute Gasteiger partial charge is 0.387 e. The topological polar surface area (TPSA) is 65.4 Å². The van der Waals surface area contributed by atoms with Crippen molar-refractivity contribution in [1.82, 2.24) is 15.1 Å². The normalized spacial score (nSPS) is 10.8. The Labute approximate surface area is 167 Å². The van der Waals surface area contributed by atoms with E-state index in [9.17, 15) is 13.6 Å². The van der Waals surface area contributed by atoms with Crippen LogP contribution in [0.4, 0.5) is 8.78 Å². The second-order valence-corrected chi connectivity index (χ2v) is 6.28. The van der Waals surface area contributed by atoms with Gasteiger partial charge in [0.05, 0.1) is 25.4 Å². The van der Waals surface area contributed by atoms with Gasteiger partial charge >= 0.3 is 6.61 Å². The first-order valence-corrected chi connectivity index (χ1v) is 9.01. The average molecular weight is 401 g/mol. The number of benzene rings is 2. The maximum absolute atomic E-state index is 12.4. The molecule has 8 heteroatoms. The Hall–Kier alpha value is -3.42. The molecule has 3 rings (SSSR count). The molecule has 0 atom stereocenters. The van der Waals surface area contributed by atoms with Crippen molar-refractivity contribution in [1.29, 1.82) is 0 Å². The summed E-state index contributed by atoms with van der Waals surface area (Å²) in [5.41, 5.74) is 2.39. The first kappa shape index (κ1) is 20.3. The lowest BCUT2D eigenvalue weighted by Crippen LogP contribution is -2.25. The fourth-order valence-corrected chi connectivity index (χ4v) is 2.82. The first-order chi connectivity index (χ1) is 14.0. The van der Waals surface area contributed by atoms with Gasteiger partial charge < -0.3 is 14.8 Å². The van der Waals surface area contributed by atoms with E-state index in [4.69, 9.17) is 4.74 Å². The Kier molecular flexibility index (Phi) is 6.78. The predicted octanol–water partition coefficient (Wildman–Crippen LogP) is 3.51. The van der Waals surface area contributed by atoms with Crippen LogP contribution in [0.5, 0.6) is 11.5 Å². The summed E-state index contributed by atoms with van der Waals surface area (Å²) in [6, 6.07) is 14.5. The van der Waals surface area contributed by atoms with E-state index in [1.807, 2.05) is 30.3 Å². The Morgan fingerprint density at radius 3 is 2.66 bits per heavy atom. The molecule has 0 fully saturated rings. The van der Waals surface area contributed by atoms with Crippen LogP contribution < -0.4 is 14.8 Å². The third kappa shape index (κ3) is 5.78. The molecule has 0 radical (unpaired) electrons. The fraction of sp³-hybridized carbons (Fsp3) is 0.238. The number of nitrogens with one attached hydrogen (secondary N) is 1. The van der Waals surface area contributed by atoms with Crippen LogP contribution in [-0.4, -0.2) is 36.0 Å². The second kappa shape index (κ2) is 9.68. The summed E-state index contributed by atoms with van der Waals surface area (Å²) in [4.78, 5) is 12.3. The van der Waals surface area contributed by atoms with Crippen molar-refractivity contribution >= 4 is 5.91 Å². The van der Waals surface area contributed by atoms with E-state index < -0.39 is 6.61 Å². The first-order valence-electron chi connectivity index (χ1n) is 9.01. The van der Waals surface area contributed by atoms with E-state index in [-0.39, 0.29) is 17.4 Å². The predicted molar refractivity (Wildman–Crippen MR) is 103 cm³/mol. The summed E-state index contributed by atoms with van der Waals surface area (Å²) in [5, 5.41) is 7.04. The number of carbonyl (C=O) groups is 1. The minimum Gasteiger partial charge on any atom is -0.493 e. The fourth-order valence-electron chi connectivity index (χ4n) is 2.82. The third-order valence-corrected chi connectivity index (χ3v) is 4.23. The number of ether oxygens (including phenoxy) is 2. The molecule has 0 saturated carbocycles. The summed E-state index contributed by atoms with van der Waals surface area (Å²) in [7, 11) is 1.38. The van der Waals surface area contributed by atoms with E-state index >= 15 is 0 Å². The van der Waals surface area contributed by atoms with Crippen LogP contribution in [0, 0.1) is 0 Å². The number of aromatic nitrogens is 2. The number of nitrogens with zero attached hydrogens (tertiary/aromatic N) is 2. The number of carbonyl (C=O) groups excluding carboxylic acids is 1. The minimum absolute atomic E-state index is 0.0267. The van der Waals surface area contributed by atoms with Crippen molar-refractivity contribution in [2.45, 2.75) is 19.6 Å². The van der Waals surface area contributed by atoms with Crippen molar-refractivity contribution in [2.24, 2.45) is 0 Å². The maximum Gasteiger partial charge on any atom is 0.387 e. The minimum atomic E-state index is -2.92. The van der Waals surface area contributed by atoms with Crippen LogP contribution in [0.1, 0.15) is 21.5 Å². The number of alkyl halides is 2. The molecular weight excluding hydrogens is 380 g/mol. The van der Waals surface area contributed by atoms with Crippen molar-refractivity contribution in [3.63, 3.8) is 0 Å². The Morgan fingerprint density at radius 2 is 1.93 bits per heavy atom. The number of amides is 1. The highest BCUT2D eigenvalue weighted by molar-refractivity contribution is 5.93. The van der Waals surface area contributed by atoms with E-state index in [1.165, 1.54) is 19.4 Å². The van der Waals surface area contributed by atoms with Crippen LogP contribution in [0.15, 0.2) is 60.9 Å². The molecular formula is C21H21F2N3O3. The molecule has 2 aromatic carbocycles. The van der Waals surface area contributed by atoms with Gasteiger partial charge in [0, 0.05) is 12.7 Å². The molecule has 152 valence electrons. The van der Waals surface area contributed by atoms with Crippen molar-refractivity contribution in [3.05, 3.63) is 77.6 Å². The highest BCUT2D eigenvalue weighted by atomic mass is 19.3. The number of hydrogen-bond donors (Lipinski definition) is 1. The van der Waals surface area contributed by atoms with Crippen molar-refractivity contribution in [3.8, 4) is 11.5 Å². The largest absolute Gasteiger partial charge is 0.493 e. The zero-order chi connectivity index (χ0) is 20.6. The molecule has 0 unspecified atom stereocenters. The molecule has 29 heavy (non-hydrogen) atoms.